The van der Waals surface area contributed by atoms with Crippen molar-refractivity contribution in [3.8, 4) is 0 Å². The molecule has 0 atom stereocenters. The van der Waals surface area contributed by atoms with Crippen molar-refractivity contribution in [3.63, 3.8) is 0 Å². The largest absolute Gasteiger partial charge is 0.477 e. The summed E-state index contributed by atoms with van der Waals surface area (Å²) >= 11 is 0. The standard InChI is InChI=1S/C18H25N3O4/c1-3-4-10-20(2)16(22)13-8-11-21(12-9-13)17(23)14-6-5-7-15(19-14)18(24)25/h5-7,13H,3-4,8-12H2,1-2H3,(H,24,25). The highest BCUT2D eigenvalue weighted by atomic mass is 16.4. The summed E-state index contributed by atoms with van der Waals surface area (Å²) in [6.07, 6.45) is 3.29. The van der Waals surface area contributed by atoms with Crippen LogP contribution in [0.1, 0.15) is 53.6 Å². The Morgan fingerprint density at radius 2 is 1.88 bits per heavy atom. The van der Waals surface area contributed by atoms with Gasteiger partial charge in [0, 0.05) is 32.6 Å². The van der Waals surface area contributed by atoms with Crippen LogP contribution < -0.4 is 0 Å². The van der Waals surface area contributed by atoms with Gasteiger partial charge in [0.05, 0.1) is 0 Å². The summed E-state index contributed by atoms with van der Waals surface area (Å²) in [5, 5.41) is 8.98. The Morgan fingerprint density at radius 1 is 1.24 bits per heavy atom. The summed E-state index contributed by atoms with van der Waals surface area (Å²) in [4.78, 5) is 43.2. The lowest BCUT2D eigenvalue weighted by atomic mass is 9.95. The lowest BCUT2D eigenvalue weighted by molar-refractivity contribution is -0.135. The summed E-state index contributed by atoms with van der Waals surface area (Å²) in [6.45, 7) is 3.82. The number of carbonyl (C=O) groups excluding carboxylic acids is 2. The van der Waals surface area contributed by atoms with Crippen LogP contribution in [0, 0.1) is 5.92 Å². The van der Waals surface area contributed by atoms with E-state index in [1.54, 1.807) is 9.80 Å². The molecule has 136 valence electrons. The van der Waals surface area contributed by atoms with Crippen molar-refractivity contribution in [1.29, 1.82) is 0 Å². The molecule has 1 N–H and O–H groups in total. The first-order chi connectivity index (χ1) is 11.9. The van der Waals surface area contributed by atoms with E-state index in [0.717, 1.165) is 19.4 Å². The van der Waals surface area contributed by atoms with E-state index >= 15 is 0 Å². The number of carbonyl (C=O) groups is 3. The van der Waals surface area contributed by atoms with Crippen molar-refractivity contribution in [2.45, 2.75) is 32.6 Å². The zero-order valence-electron chi connectivity index (χ0n) is 14.8. The fourth-order valence-electron chi connectivity index (χ4n) is 2.98. The molecule has 0 aliphatic carbocycles. The number of rotatable bonds is 6. The molecular formula is C18H25N3O4. The van der Waals surface area contributed by atoms with E-state index in [0.29, 0.717) is 25.9 Å². The van der Waals surface area contributed by atoms with Gasteiger partial charge in [-0.25, -0.2) is 9.78 Å². The molecule has 1 fully saturated rings. The number of amides is 2. The molecule has 1 aromatic rings. The SMILES string of the molecule is CCCCN(C)C(=O)C1CCN(C(=O)c2cccc(C(=O)O)n2)CC1. The Balaban J connectivity index is 1.93. The molecule has 7 heteroatoms. The van der Waals surface area contributed by atoms with Gasteiger partial charge in [0.15, 0.2) is 0 Å². The normalized spacial score (nSPS) is 15.0. The zero-order valence-corrected chi connectivity index (χ0v) is 14.8. The minimum Gasteiger partial charge on any atom is -0.477 e. The number of likely N-dealkylation sites (tertiary alicyclic amines) is 1. The second-order valence-corrected chi connectivity index (χ2v) is 6.39. The third-order valence-corrected chi connectivity index (χ3v) is 4.54. The lowest BCUT2D eigenvalue weighted by Gasteiger charge is -2.33. The number of unbranched alkanes of at least 4 members (excludes halogenated alkanes) is 1. The minimum atomic E-state index is -1.16. The second kappa shape index (κ2) is 8.60. The Hall–Kier alpha value is -2.44. The van der Waals surface area contributed by atoms with Crippen LogP contribution in [0.3, 0.4) is 0 Å². The van der Waals surface area contributed by atoms with Crippen molar-refractivity contribution < 1.29 is 19.5 Å². The van der Waals surface area contributed by atoms with Gasteiger partial charge in [-0.3, -0.25) is 9.59 Å². The maximum absolute atomic E-state index is 12.5. The topological polar surface area (TPSA) is 90.8 Å². The number of aromatic nitrogens is 1. The molecular weight excluding hydrogens is 322 g/mol. The Morgan fingerprint density at radius 3 is 2.48 bits per heavy atom. The average molecular weight is 347 g/mol. The first-order valence-corrected chi connectivity index (χ1v) is 8.68. The number of piperidine rings is 1. The minimum absolute atomic E-state index is 0.0516. The quantitative estimate of drug-likeness (QED) is 0.848. The maximum atomic E-state index is 12.5. The summed E-state index contributed by atoms with van der Waals surface area (Å²) in [5.74, 6) is -1.35. The highest BCUT2D eigenvalue weighted by molar-refractivity contribution is 5.94. The summed E-state index contributed by atoms with van der Waals surface area (Å²) < 4.78 is 0. The lowest BCUT2D eigenvalue weighted by Crippen LogP contribution is -2.43. The molecule has 0 unspecified atom stereocenters. The molecule has 1 saturated heterocycles. The van der Waals surface area contributed by atoms with E-state index in [1.807, 2.05) is 7.05 Å². The third-order valence-electron chi connectivity index (χ3n) is 4.54. The van der Waals surface area contributed by atoms with Gasteiger partial charge in [0.25, 0.3) is 5.91 Å². The maximum Gasteiger partial charge on any atom is 0.354 e. The van der Waals surface area contributed by atoms with Gasteiger partial charge in [-0.15, -0.1) is 0 Å². The van der Waals surface area contributed by atoms with E-state index in [2.05, 4.69) is 11.9 Å². The molecule has 0 bridgehead atoms. The van der Waals surface area contributed by atoms with E-state index in [4.69, 9.17) is 5.11 Å². The van der Waals surface area contributed by atoms with Crippen LogP contribution in [0.4, 0.5) is 0 Å². The fraction of sp³-hybridized carbons (Fsp3) is 0.556. The molecule has 1 aliphatic heterocycles. The predicted molar refractivity (Wildman–Crippen MR) is 92.4 cm³/mol. The number of carboxylic acids is 1. The van der Waals surface area contributed by atoms with Crippen molar-refractivity contribution in [3.05, 3.63) is 29.6 Å². The van der Waals surface area contributed by atoms with Gasteiger partial charge in [-0.2, -0.15) is 0 Å². The Labute approximate surface area is 147 Å². The predicted octanol–water partition coefficient (Wildman–Crippen LogP) is 1.89. The van der Waals surface area contributed by atoms with E-state index in [9.17, 15) is 14.4 Å². The first kappa shape index (κ1) is 18.9. The van der Waals surface area contributed by atoms with E-state index in [-0.39, 0.29) is 29.1 Å². The number of nitrogens with zero attached hydrogens (tertiary/aromatic N) is 3. The molecule has 0 saturated carbocycles. The number of aromatic carboxylic acids is 1. The molecule has 2 rings (SSSR count). The van der Waals surface area contributed by atoms with Gasteiger partial charge < -0.3 is 14.9 Å². The van der Waals surface area contributed by atoms with Crippen molar-refractivity contribution in [2.75, 3.05) is 26.7 Å². The van der Waals surface area contributed by atoms with Crippen LogP contribution >= 0.6 is 0 Å². The zero-order chi connectivity index (χ0) is 18.4. The number of hydrogen-bond acceptors (Lipinski definition) is 4. The number of pyridine rings is 1. The second-order valence-electron chi connectivity index (χ2n) is 6.39. The van der Waals surface area contributed by atoms with Gasteiger partial charge >= 0.3 is 5.97 Å². The van der Waals surface area contributed by atoms with Crippen LogP contribution in [0.25, 0.3) is 0 Å². The molecule has 0 spiro atoms. The third kappa shape index (κ3) is 4.78. The molecule has 2 heterocycles. The monoisotopic (exact) mass is 347 g/mol. The molecule has 25 heavy (non-hydrogen) atoms. The Bertz CT molecular complexity index is 639. The highest BCUT2D eigenvalue weighted by Gasteiger charge is 2.29. The van der Waals surface area contributed by atoms with Gasteiger partial charge in [-0.05, 0) is 31.4 Å². The van der Waals surface area contributed by atoms with Gasteiger partial charge in [-0.1, -0.05) is 19.4 Å². The molecule has 1 aromatic heterocycles. The van der Waals surface area contributed by atoms with Crippen molar-refractivity contribution >= 4 is 17.8 Å². The highest BCUT2D eigenvalue weighted by Crippen LogP contribution is 2.21. The average Bonchev–Trinajstić information content (AvgIpc) is 2.65. The molecule has 1 aliphatic rings. The van der Waals surface area contributed by atoms with Crippen LogP contribution in [0.5, 0.6) is 0 Å². The molecule has 2 amide bonds. The first-order valence-electron chi connectivity index (χ1n) is 8.68. The van der Waals surface area contributed by atoms with E-state index < -0.39 is 5.97 Å². The molecule has 7 nitrogen and oxygen atoms in total. The fourth-order valence-corrected chi connectivity index (χ4v) is 2.98. The van der Waals surface area contributed by atoms with E-state index in [1.165, 1.54) is 18.2 Å². The Kier molecular flexibility index (Phi) is 6.50. The van der Waals surface area contributed by atoms with Gasteiger partial charge in [0.2, 0.25) is 5.91 Å². The molecule has 0 aromatic carbocycles. The van der Waals surface area contributed by atoms with Crippen LogP contribution in [-0.2, 0) is 4.79 Å². The summed E-state index contributed by atoms with van der Waals surface area (Å²) in [7, 11) is 1.83. The van der Waals surface area contributed by atoms with Crippen LogP contribution in [-0.4, -0.2) is 64.4 Å². The van der Waals surface area contributed by atoms with Crippen LogP contribution in [0.15, 0.2) is 18.2 Å². The summed E-state index contributed by atoms with van der Waals surface area (Å²) in [6, 6.07) is 4.39. The van der Waals surface area contributed by atoms with Gasteiger partial charge in [0.1, 0.15) is 11.4 Å². The van der Waals surface area contributed by atoms with Crippen molar-refractivity contribution in [2.24, 2.45) is 5.92 Å². The smallest absolute Gasteiger partial charge is 0.354 e. The number of carboxylic acid groups (broad SMARTS) is 1. The number of hydrogen-bond donors (Lipinski definition) is 1. The van der Waals surface area contributed by atoms with Crippen LogP contribution in [0.2, 0.25) is 0 Å². The van der Waals surface area contributed by atoms with Crippen molar-refractivity contribution in [1.82, 2.24) is 14.8 Å². The molecule has 0 radical (unpaired) electrons. The summed E-state index contributed by atoms with van der Waals surface area (Å²) in [5.41, 5.74) is -0.0156.